The zero-order chi connectivity index (χ0) is 9.76. The summed E-state index contributed by atoms with van der Waals surface area (Å²) in [5, 5.41) is 10.0. The summed E-state index contributed by atoms with van der Waals surface area (Å²) in [6.07, 6.45) is 5.53. The van der Waals surface area contributed by atoms with Crippen molar-refractivity contribution in [2.24, 2.45) is 0 Å². The normalized spacial score (nSPS) is 21.7. The van der Waals surface area contributed by atoms with Crippen molar-refractivity contribution in [3.8, 4) is 6.07 Å². The third kappa shape index (κ3) is 1.00. The molecule has 1 saturated carbocycles. The molecule has 14 heavy (non-hydrogen) atoms. The highest BCUT2D eigenvalue weighted by atomic mass is 35.5. The first-order chi connectivity index (χ1) is 6.77. The van der Waals surface area contributed by atoms with Crippen molar-refractivity contribution in [3.05, 3.63) is 20.3 Å². The van der Waals surface area contributed by atoms with Crippen molar-refractivity contribution >= 4 is 22.9 Å². The minimum absolute atomic E-state index is 0.188. The number of fused-ring (bicyclic) bond motifs is 1. The van der Waals surface area contributed by atoms with Crippen LogP contribution in [0.15, 0.2) is 0 Å². The van der Waals surface area contributed by atoms with Crippen LogP contribution in [0.4, 0.5) is 0 Å². The molecule has 0 bridgehead atoms. The third-order valence-corrected chi connectivity index (χ3v) is 5.28. The summed E-state index contributed by atoms with van der Waals surface area (Å²) in [6, 6.07) is 2.42. The number of halogens is 1. The zero-order valence-corrected chi connectivity index (χ0v) is 9.34. The summed E-state index contributed by atoms with van der Waals surface area (Å²) in [4.78, 5) is 2.60. The average Bonchev–Trinajstić information content (AvgIpc) is 2.73. The quantitative estimate of drug-likeness (QED) is 0.716. The summed E-state index contributed by atoms with van der Waals surface area (Å²) in [7, 11) is 0. The summed E-state index contributed by atoms with van der Waals surface area (Å²) >= 11 is 8.12. The van der Waals surface area contributed by atoms with Crippen molar-refractivity contribution in [1.29, 1.82) is 5.26 Å². The van der Waals surface area contributed by atoms with E-state index in [1.54, 1.807) is 11.3 Å². The molecule has 0 radical (unpaired) electrons. The average molecular weight is 224 g/mol. The standard InChI is InChI=1S/C11H10ClNS/c12-9-7-2-1-3-8(7)14-10(9)11(6-13)4-5-11/h1-5H2. The Morgan fingerprint density at radius 3 is 2.71 bits per heavy atom. The number of hydrogen-bond acceptors (Lipinski definition) is 2. The lowest BCUT2D eigenvalue weighted by Gasteiger charge is -2.03. The predicted molar refractivity (Wildman–Crippen MR) is 57.9 cm³/mol. The van der Waals surface area contributed by atoms with Gasteiger partial charge < -0.3 is 0 Å². The Labute approximate surface area is 92.3 Å². The molecule has 1 aromatic rings. The lowest BCUT2D eigenvalue weighted by Crippen LogP contribution is -2.00. The van der Waals surface area contributed by atoms with Crippen molar-refractivity contribution < 1.29 is 0 Å². The van der Waals surface area contributed by atoms with Crippen molar-refractivity contribution in [3.63, 3.8) is 0 Å². The molecule has 2 aliphatic carbocycles. The van der Waals surface area contributed by atoms with E-state index in [2.05, 4.69) is 6.07 Å². The highest BCUT2D eigenvalue weighted by Gasteiger charge is 2.48. The Kier molecular flexibility index (Phi) is 1.72. The van der Waals surface area contributed by atoms with Gasteiger partial charge in [-0.2, -0.15) is 5.26 Å². The maximum absolute atomic E-state index is 9.12. The fourth-order valence-electron chi connectivity index (χ4n) is 2.19. The fraction of sp³-hybridized carbons (Fsp3) is 0.545. The molecule has 0 saturated heterocycles. The largest absolute Gasteiger partial charge is 0.197 e. The van der Waals surface area contributed by atoms with Gasteiger partial charge >= 0.3 is 0 Å². The molecule has 1 nitrogen and oxygen atoms in total. The van der Waals surface area contributed by atoms with Crippen molar-refractivity contribution in [1.82, 2.24) is 0 Å². The molecule has 0 aliphatic heterocycles. The van der Waals surface area contributed by atoms with E-state index in [0.717, 1.165) is 29.2 Å². The molecule has 1 heterocycles. The monoisotopic (exact) mass is 223 g/mol. The van der Waals surface area contributed by atoms with Crippen LogP contribution in [0, 0.1) is 11.3 Å². The molecule has 1 aromatic heterocycles. The van der Waals surface area contributed by atoms with Crippen LogP contribution in [0.25, 0.3) is 0 Å². The molecule has 0 unspecified atom stereocenters. The van der Waals surface area contributed by atoms with Crippen LogP contribution < -0.4 is 0 Å². The molecule has 0 atom stereocenters. The zero-order valence-electron chi connectivity index (χ0n) is 7.77. The van der Waals surface area contributed by atoms with Crippen LogP contribution in [0.2, 0.25) is 5.02 Å². The van der Waals surface area contributed by atoms with Crippen LogP contribution >= 0.6 is 22.9 Å². The first kappa shape index (κ1) is 8.76. The Morgan fingerprint density at radius 2 is 2.14 bits per heavy atom. The van der Waals surface area contributed by atoms with Gasteiger partial charge in [-0.25, -0.2) is 0 Å². The molecule has 1 fully saturated rings. The van der Waals surface area contributed by atoms with Gasteiger partial charge in [0.05, 0.1) is 16.5 Å². The van der Waals surface area contributed by atoms with E-state index in [4.69, 9.17) is 16.9 Å². The second-order valence-corrected chi connectivity index (χ2v) is 5.68. The van der Waals surface area contributed by atoms with Gasteiger partial charge in [-0.05, 0) is 37.7 Å². The van der Waals surface area contributed by atoms with Gasteiger partial charge in [0.25, 0.3) is 0 Å². The van der Waals surface area contributed by atoms with Crippen LogP contribution in [0.1, 0.15) is 34.6 Å². The molecule has 3 rings (SSSR count). The molecule has 0 N–H and O–H groups in total. The highest BCUT2D eigenvalue weighted by Crippen LogP contribution is 2.55. The molecular formula is C11H10ClNS. The van der Waals surface area contributed by atoms with E-state index in [9.17, 15) is 0 Å². The second kappa shape index (κ2) is 2.74. The van der Waals surface area contributed by atoms with Gasteiger partial charge in [0, 0.05) is 9.75 Å². The van der Waals surface area contributed by atoms with Gasteiger partial charge in [0.1, 0.15) is 0 Å². The molecule has 72 valence electrons. The summed E-state index contributed by atoms with van der Waals surface area (Å²) < 4.78 is 0. The highest BCUT2D eigenvalue weighted by molar-refractivity contribution is 7.13. The number of hydrogen-bond donors (Lipinski definition) is 0. The van der Waals surface area contributed by atoms with E-state index >= 15 is 0 Å². The summed E-state index contributed by atoms with van der Waals surface area (Å²) in [6.45, 7) is 0. The van der Waals surface area contributed by atoms with Crippen LogP contribution in [-0.2, 0) is 18.3 Å². The van der Waals surface area contributed by atoms with E-state index < -0.39 is 0 Å². The van der Waals surface area contributed by atoms with Crippen LogP contribution in [0.3, 0.4) is 0 Å². The number of thiophene rings is 1. The minimum atomic E-state index is -0.188. The Balaban J connectivity index is 2.13. The van der Waals surface area contributed by atoms with Gasteiger partial charge in [0.15, 0.2) is 0 Å². The molecule has 0 spiro atoms. The second-order valence-electron chi connectivity index (χ2n) is 4.19. The van der Waals surface area contributed by atoms with Crippen molar-refractivity contribution in [2.45, 2.75) is 37.5 Å². The molecule has 0 aromatic carbocycles. The topological polar surface area (TPSA) is 23.8 Å². The molecule has 0 amide bonds. The SMILES string of the molecule is N#CC1(c2sc3c(c2Cl)CCC3)CC1. The van der Waals surface area contributed by atoms with Gasteiger partial charge in [0.2, 0.25) is 0 Å². The van der Waals surface area contributed by atoms with Gasteiger partial charge in [-0.1, -0.05) is 11.6 Å². The Morgan fingerprint density at radius 1 is 1.36 bits per heavy atom. The maximum atomic E-state index is 9.12. The van der Waals surface area contributed by atoms with E-state index in [0.29, 0.717) is 0 Å². The maximum Gasteiger partial charge on any atom is 0.0931 e. The predicted octanol–water partition coefficient (Wildman–Crippen LogP) is 3.45. The third-order valence-electron chi connectivity index (χ3n) is 3.26. The fourth-order valence-corrected chi connectivity index (χ4v) is 4.23. The molecule has 2 aliphatic rings. The lowest BCUT2D eigenvalue weighted by molar-refractivity contribution is 0.901. The van der Waals surface area contributed by atoms with Gasteiger partial charge in [-0.15, -0.1) is 11.3 Å². The first-order valence-corrected chi connectivity index (χ1v) is 6.18. The van der Waals surface area contributed by atoms with E-state index in [1.807, 2.05) is 0 Å². The van der Waals surface area contributed by atoms with Gasteiger partial charge in [-0.3, -0.25) is 0 Å². The van der Waals surface area contributed by atoms with E-state index in [-0.39, 0.29) is 5.41 Å². The number of rotatable bonds is 1. The Hall–Kier alpha value is -0.520. The van der Waals surface area contributed by atoms with Crippen LogP contribution in [-0.4, -0.2) is 0 Å². The smallest absolute Gasteiger partial charge is 0.0931 e. The molecule has 3 heteroatoms. The lowest BCUT2D eigenvalue weighted by atomic mass is 10.1. The minimum Gasteiger partial charge on any atom is -0.197 e. The van der Waals surface area contributed by atoms with Crippen LogP contribution in [0.5, 0.6) is 0 Å². The molecular weight excluding hydrogens is 214 g/mol. The number of nitriles is 1. The number of nitrogens with zero attached hydrogens (tertiary/aromatic N) is 1. The Bertz CT molecular complexity index is 437. The van der Waals surface area contributed by atoms with Crippen molar-refractivity contribution in [2.75, 3.05) is 0 Å². The van der Waals surface area contributed by atoms with E-state index in [1.165, 1.54) is 23.3 Å². The summed E-state index contributed by atoms with van der Waals surface area (Å²) in [5.74, 6) is 0. The summed E-state index contributed by atoms with van der Waals surface area (Å²) in [5.41, 5.74) is 1.15. The first-order valence-electron chi connectivity index (χ1n) is 4.99. The number of aryl methyl sites for hydroxylation is 1.